The minimum Gasteiger partial charge on any atom is -0.388 e. The number of rotatable bonds is 4. The van der Waals surface area contributed by atoms with E-state index in [9.17, 15) is 5.11 Å². The van der Waals surface area contributed by atoms with Gasteiger partial charge in [-0.2, -0.15) is 0 Å². The molecule has 2 saturated heterocycles. The van der Waals surface area contributed by atoms with E-state index in [1.807, 2.05) is 37.3 Å². The SMILES string of the molecule is CCCO[C@H]1[C@H](O)COC2OC(c3ccccc3)O[C@@H]21. The van der Waals surface area contributed by atoms with Gasteiger partial charge in [0, 0.05) is 12.2 Å². The van der Waals surface area contributed by atoms with Gasteiger partial charge < -0.3 is 24.1 Å². The summed E-state index contributed by atoms with van der Waals surface area (Å²) in [5, 5.41) is 10.0. The highest BCUT2D eigenvalue weighted by molar-refractivity contribution is 5.17. The standard InChI is InChI=1S/C15H20O5/c1-2-8-17-12-11(16)9-18-15-13(12)19-14(20-15)10-6-4-3-5-7-10/h3-7,11-16H,2,8-9H2,1H3/t11-,12+,13-,14?,15?/m1/s1. The molecule has 5 atom stereocenters. The van der Waals surface area contributed by atoms with Crippen molar-refractivity contribution in [2.45, 2.75) is 44.2 Å². The molecule has 0 bridgehead atoms. The molecule has 3 rings (SSSR count). The molecule has 2 heterocycles. The Morgan fingerprint density at radius 1 is 1.25 bits per heavy atom. The van der Waals surface area contributed by atoms with Crippen LogP contribution in [0.1, 0.15) is 25.2 Å². The van der Waals surface area contributed by atoms with Gasteiger partial charge in [0.15, 0.2) is 12.6 Å². The molecular weight excluding hydrogens is 260 g/mol. The largest absolute Gasteiger partial charge is 0.388 e. The highest BCUT2D eigenvalue weighted by atomic mass is 16.8. The van der Waals surface area contributed by atoms with E-state index in [-0.39, 0.29) is 6.61 Å². The lowest BCUT2D eigenvalue weighted by Gasteiger charge is -2.34. The zero-order valence-corrected chi connectivity index (χ0v) is 11.5. The fraction of sp³-hybridized carbons (Fsp3) is 0.600. The van der Waals surface area contributed by atoms with Crippen molar-refractivity contribution < 1.29 is 24.1 Å². The van der Waals surface area contributed by atoms with Crippen LogP contribution in [0.15, 0.2) is 30.3 Å². The minimum absolute atomic E-state index is 0.209. The quantitative estimate of drug-likeness (QED) is 0.908. The lowest BCUT2D eigenvalue weighted by Crippen LogP contribution is -2.52. The molecule has 2 aliphatic heterocycles. The summed E-state index contributed by atoms with van der Waals surface area (Å²) in [7, 11) is 0. The first-order valence-corrected chi connectivity index (χ1v) is 7.06. The molecule has 5 heteroatoms. The molecule has 110 valence electrons. The van der Waals surface area contributed by atoms with Gasteiger partial charge in [0.2, 0.25) is 0 Å². The Morgan fingerprint density at radius 2 is 2.05 bits per heavy atom. The Kier molecular flexibility index (Phi) is 4.33. The Hall–Kier alpha value is -0.980. The topological polar surface area (TPSA) is 57.2 Å². The van der Waals surface area contributed by atoms with Crippen molar-refractivity contribution in [2.75, 3.05) is 13.2 Å². The van der Waals surface area contributed by atoms with Gasteiger partial charge in [-0.1, -0.05) is 37.3 Å². The van der Waals surface area contributed by atoms with Crippen LogP contribution in [0.4, 0.5) is 0 Å². The van der Waals surface area contributed by atoms with Crippen LogP contribution in [-0.2, 0) is 18.9 Å². The second-order valence-corrected chi connectivity index (χ2v) is 5.08. The van der Waals surface area contributed by atoms with Gasteiger partial charge in [-0.25, -0.2) is 0 Å². The van der Waals surface area contributed by atoms with Crippen LogP contribution < -0.4 is 0 Å². The van der Waals surface area contributed by atoms with Gasteiger partial charge in [0.25, 0.3) is 0 Å². The molecule has 20 heavy (non-hydrogen) atoms. The van der Waals surface area contributed by atoms with Crippen molar-refractivity contribution in [3.63, 3.8) is 0 Å². The Labute approximate surface area is 118 Å². The molecule has 1 aromatic carbocycles. The number of ether oxygens (including phenoxy) is 4. The molecule has 0 spiro atoms. The monoisotopic (exact) mass is 280 g/mol. The van der Waals surface area contributed by atoms with Crippen LogP contribution in [0, 0.1) is 0 Å². The molecule has 2 unspecified atom stereocenters. The summed E-state index contributed by atoms with van der Waals surface area (Å²) in [5.41, 5.74) is 0.939. The number of hydrogen-bond donors (Lipinski definition) is 1. The summed E-state index contributed by atoms with van der Waals surface area (Å²) in [6.45, 7) is 2.83. The van der Waals surface area contributed by atoms with Gasteiger partial charge in [0.1, 0.15) is 18.3 Å². The number of aliphatic hydroxyl groups is 1. The zero-order valence-electron chi connectivity index (χ0n) is 11.5. The third-order valence-corrected chi connectivity index (χ3v) is 3.53. The van der Waals surface area contributed by atoms with E-state index >= 15 is 0 Å². The maximum absolute atomic E-state index is 10.0. The lowest BCUT2D eigenvalue weighted by molar-refractivity contribution is -0.222. The van der Waals surface area contributed by atoms with Crippen molar-refractivity contribution >= 4 is 0 Å². The zero-order chi connectivity index (χ0) is 13.9. The maximum Gasteiger partial charge on any atom is 0.190 e. The number of fused-ring (bicyclic) bond motifs is 1. The van der Waals surface area contributed by atoms with Crippen molar-refractivity contribution in [3.8, 4) is 0 Å². The Balaban J connectivity index is 1.71. The van der Waals surface area contributed by atoms with Crippen LogP contribution in [-0.4, -0.2) is 42.9 Å². The molecule has 2 fully saturated rings. The molecule has 5 nitrogen and oxygen atoms in total. The Morgan fingerprint density at radius 3 is 2.80 bits per heavy atom. The molecular formula is C15H20O5. The van der Waals surface area contributed by atoms with E-state index in [0.29, 0.717) is 6.61 Å². The first-order chi connectivity index (χ1) is 9.79. The third kappa shape index (κ3) is 2.73. The molecule has 0 saturated carbocycles. The predicted molar refractivity (Wildman–Crippen MR) is 70.9 cm³/mol. The second-order valence-electron chi connectivity index (χ2n) is 5.08. The van der Waals surface area contributed by atoms with Crippen LogP contribution in [0.2, 0.25) is 0 Å². The van der Waals surface area contributed by atoms with Gasteiger partial charge in [0.05, 0.1) is 6.61 Å². The second kappa shape index (κ2) is 6.20. The third-order valence-electron chi connectivity index (χ3n) is 3.53. The minimum atomic E-state index is -0.680. The van der Waals surface area contributed by atoms with Crippen LogP contribution in [0.3, 0.4) is 0 Å². The van der Waals surface area contributed by atoms with Gasteiger partial charge in [-0.15, -0.1) is 0 Å². The van der Waals surface area contributed by atoms with E-state index in [2.05, 4.69) is 0 Å². The van der Waals surface area contributed by atoms with E-state index in [4.69, 9.17) is 18.9 Å². The van der Waals surface area contributed by atoms with Crippen molar-refractivity contribution in [1.82, 2.24) is 0 Å². The average Bonchev–Trinajstić information content (AvgIpc) is 2.91. The van der Waals surface area contributed by atoms with Crippen LogP contribution >= 0.6 is 0 Å². The van der Waals surface area contributed by atoms with Gasteiger partial charge in [-0.05, 0) is 6.42 Å². The molecule has 0 aromatic heterocycles. The normalized spacial score (nSPS) is 36.8. The predicted octanol–water partition coefficient (Wildman–Crippen LogP) is 1.61. The van der Waals surface area contributed by atoms with E-state index in [1.54, 1.807) is 0 Å². The van der Waals surface area contributed by atoms with Gasteiger partial charge >= 0.3 is 0 Å². The molecule has 1 N–H and O–H groups in total. The fourth-order valence-electron chi connectivity index (χ4n) is 2.54. The Bertz CT molecular complexity index is 424. The van der Waals surface area contributed by atoms with Crippen molar-refractivity contribution in [1.29, 1.82) is 0 Å². The van der Waals surface area contributed by atoms with E-state index < -0.39 is 30.9 Å². The molecule has 1 aromatic rings. The van der Waals surface area contributed by atoms with E-state index in [0.717, 1.165) is 12.0 Å². The number of aliphatic hydroxyl groups excluding tert-OH is 1. The summed E-state index contributed by atoms with van der Waals surface area (Å²) in [4.78, 5) is 0. The molecule has 0 radical (unpaired) electrons. The maximum atomic E-state index is 10.0. The summed E-state index contributed by atoms with van der Waals surface area (Å²) >= 11 is 0. The molecule has 0 aliphatic carbocycles. The highest BCUT2D eigenvalue weighted by Crippen LogP contribution is 2.37. The van der Waals surface area contributed by atoms with Crippen LogP contribution in [0.5, 0.6) is 0 Å². The van der Waals surface area contributed by atoms with Gasteiger partial charge in [-0.3, -0.25) is 0 Å². The lowest BCUT2D eigenvalue weighted by atomic mass is 10.1. The smallest absolute Gasteiger partial charge is 0.190 e. The average molecular weight is 280 g/mol. The summed E-state index contributed by atoms with van der Waals surface area (Å²) in [6, 6.07) is 9.70. The first kappa shape index (κ1) is 14.0. The first-order valence-electron chi connectivity index (χ1n) is 7.06. The fourth-order valence-corrected chi connectivity index (χ4v) is 2.54. The number of hydrogen-bond acceptors (Lipinski definition) is 5. The van der Waals surface area contributed by atoms with Crippen molar-refractivity contribution in [2.24, 2.45) is 0 Å². The molecule has 0 amide bonds. The number of benzene rings is 1. The highest BCUT2D eigenvalue weighted by Gasteiger charge is 2.49. The van der Waals surface area contributed by atoms with E-state index in [1.165, 1.54) is 0 Å². The summed E-state index contributed by atoms with van der Waals surface area (Å²) in [6.07, 6.45) is -1.53. The molecule has 2 aliphatic rings. The van der Waals surface area contributed by atoms with Crippen molar-refractivity contribution in [3.05, 3.63) is 35.9 Å². The van der Waals surface area contributed by atoms with Crippen LogP contribution in [0.25, 0.3) is 0 Å². The summed E-state index contributed by atoms with van der Waals surface area (Å²) in [5.74, 6) is 0. The summed E-state index contributed by atoms with van der Waals surface area (Å²) < 4.78 is 22.9.